The maximum atomic E-state index is 11.0. The van der Waals surface area contributed by atoms with Crippen molar-refractivity contribution < 1.29 is 19.4 Å². The second-order valence-corrected chi connectivity index (χ2v) is 2.51. The zero-order valence-corrected chi connectivity index (χ0v) is 8.02. The molecule has 0 radical (unpaired) electrons. The summed E-state index contributed by atoms with van der Waals surface area (Å²) >= 11 is 0. The van der Waals surface area contributed by atoms with Crippen molar-refractivity contribution in [3.63, 3.8) is 0 Å². The molecule has 1 aromatic heterocycles. The van der Waals surface area contributed by atoms with Crippen molar-refractivity contribution >= 4 is 11.5 Å². The lowest BCUT2D eigenvalue weighted by Crippen LogP contribution is -2.35. The highest BCUT2D eigenvalue weighted by Gasteiger charge is 2.31. The smallest absolute Gasteiger partial charge is 0.545 e. The maximum Gasteiger partial charge on any atom is 0.545 e. The molecule has 86 valence electrons. The molecule has 16 heavy (non-hydrogen) atoms. The molecule has 10 heteroatoms. The Morgan fingerprint density at radius 3 is 2.50 bits per heavy atom. The van der Waals surface area contributed by atoms with E-state index in [1.165, 1.54) is 6.92 Å². The van der Waals surface area contributed by atoms with E-state index in [1.54, 1.807) is 0 Å². The van der Waals surface area contributed by atoms with Gasteiger partial charge >= 0.3 is 17.4 Å². The highest BCUT2D eigenvalue weighted by Crippen LogP contribution is 2.25. The fourth-order valence-electron chi connectivity index (χ4n) is 0.917. The van der Waals surface area contributed by atoms with Gasteiger partial charge in [-0.25, -0.2) is 0 Å². The Morgan fingerprint density at radius 1 is 1.44 bits per heavy atom. The average molecular weight is 230 g/mol. The van der Waals surface area contributed by atoms with Crippen molar-refractivity contribution in [1.29, 1.82) is 0 Å². The van der Waals surface area contributed by atoms with Gasteiger partial charge in [-0.15, -0.1) is 0 Å². The lowest BCUT2D eigenvalue weighted by molar-refractivity contribution is -0.714. The molecule has 1 rings (SSSR count). The standard InChI is InChI=1S/C6H6N4O6/c1-2-16-6-4(9(12)13)3-5(10(14)15)8(11)7-6/h3H,2H2,1H3. The molecule has 0 saturated heterocycles. The molecule has 0 spiro atoms. The van der Waals surface area contributed by atoms with Gasteiger partial charge in [-0.2, -0.15) is 0 Å². The Balaban J connectivity index is 3.36. The zero-order chi connectivity index (χ0) is 12.3. The van der Waals surface area contributed by atoms with Crippen LogP contribution in [0.5, 0.6) is 5.88 Å². The molecular formula is C6H6N4O6. The Kier molecular flexibility index (Phi) is 3.13. The van der Waals surface area contributed by atoms with Gasteiger partial charge in [-0.1, -0.05) is 0 Å². The number of aromatic nitrogens is 2. The van der Waals surface area contributed by atoms with E-state index in [2.05, 4.69) is 5.10 Å². The summed E-state index contributed by atoms with van der Waals surface area (Å²) < 4.78 is 4.72. The highest BCUT2D eigenvalue weighted by atomic mass is 16.6. The van der Waals surface area contributed by atoms with E-state index < -0.39 is 27.2 Å². The molecule has 0 aliphatic heterocycles. The molecule has 0 aromatic carbocycles. The van der Waals surface area contributed by atoms with Gasteiger partial charge in [0.15, 0.2) is 6.07 Å². The Bertz CT molecular complexity index is 447. The zero-order valence-electron chi connectivity index (χ0n) is 8.02. The van der Waals surface area contributed by atoms with Gasteiger partial charge < -0.3 is 9.94 Å². The second kappa shape index (κ2) is 4.33. The molecule has 0 aliphatic carbocycles. The van der Waals surface area contributed by atoms with Crippen molar-refractivity contribution in [3.05, 3.63) is 31.5 Å². The van der Waals surface area contributed by atoms with E-state index in [-0.39, 0.29) is 11.5 Å². The summed E-state index contributed by atoms with van der Waals surface area (Å²) in [7, 11) is 0. The number of hydrogen-bond acceptors (Lipinski definition) is 7. The monoisotopic (exact) mass is 230 g/mol. The van der Waals surface area contributed by atoms with Crippen molar-refractivity contribution in [1.82, 2.24) is 5.10 Å². The summed E-state index contributed by atoms with van der Waals surface area (Å²) in [5, 5.41) is 34.9. The number of hydrogen-bond donors (Lipinski definition) is 0. The van der Waals surface area contributed by atoms with Crippen LogP contribution in [0.4, 0.5) is 11.5 Å². The van der Waals surface area contributed by atoms with Gasteiger partial charge in [0, 0.05) is 4.85 Å². The van der Waals surface area contributed by atoms with Gasteiger partial charge in [0.05, 0.1) is 16.6 Å². The fourth-order valence-corrected chi connectivity index (χ4v) is 0.917. The number of ether oxygens (including phenoxy) is 1. The SMILES string of the molecule is CCOc1n[n+]([O-])c([N+](=O)[O-])cc1[N+](=O)[O-]. The van der Waals surface area contributed by atoms with E-state index in [0.717, 1.165) is 0 Å². The third kappa shape index (κ3) is 2.10. The van der Waals surface area contributed by atoms with Crippen molar-refractivity contribution in [3.8, 4) is 5.88 Å². The molecule has 0 unspecified atom stereocenters. The van der Waals surface area contributed by atoms with Gasteiger partial charge in [-0.05, 0) is 6.92 Å². The molecule has 0 bridgehead atoms. The van der Waals surface area contributed by atoms with Crippen LogP contribution in [0, 0.1) is 25.4 Å². The Labute approximate surface area is 87.9 Å². The first-order valence-electron chi connectivity index (χ1n) is 4.03. The first-order chi connectivity index (χ1) is 7.47. The van der Waals surface area contributed by atoms with Crippen LogP contribution in [0.3, 0.4) is 0 Å². The number of rotatable bonds is 4. The molecule has 0 N–H and O–H groups in total. The van der Waals surface area contributed by atoms with Gasteiger partial charge in [0.2, 0.25) is 0 Å². The summed E-state index contributed by atoms with van der Waals surface area (Å²) in [5.74, 6) is -1.58. The van der Waals surface area contributed by atoms with Crippen molar-refractivity contribution in [2.75, 3.05) is 6.61 Å². The minimum atomic E-state index is -1.07. The third-order valence-electron chi connectivity index (χ3n) is 1.53. The second-order valence-electron chi connectivity index (χ2n) is 2.51. The van der Waals surface area contributed by atoms with Crippen LogP contribution in [0.2, 0.25) is 0 Å². The van der Waals surface area contributed by atoms with Crippen LogP contribution in [0.15, 0.2) is 6.07 Å². The van der Waals surface area contributed by atoms with E-state index in [9.17, 15) is 25.4 Å². The molecule has 0 fully saturated rings. The molecule has 0 saturated carbocycles. The van der Waals surface area contributed by atoms with Crippen LogP contribution in [0.25, 0.3) is 0 Å². The first kappa shape index (κ1) is 11.6. The molecular weight excluding hydrogens is 224 g/mol. The first-order valence-corrected chi connectivity index (χ1v) is 4.03. The maximum absolute atomic E-state index is 11.0. The summed E-state index contributed by atoms with van der Waals surface area (Å²) in [4.78, 5) is 18.6. The molecule has 1 aromatic rings. The molecule has 0 atom stereocenters. The number of nitrogens with zero attached hydrogens (tertiary/aromatic N) is 4. The number of nitro groups is 2. The Hall–Kier alpha value is -2.52. The van der Waals surface area contributed by atoms with Gasteiger partial charge in [-0.3, -0.25) is 20.2 Å². The van der Waals surface area contributed by atoms with E-state index in [1.807, 2.05) is 0 Å². The van der Waals surface area contributed by atoms with Crippen LogP contribution in [-0.4, -0.2) is 21.6 Å². The van der Waals surface area contributed by atoms with Crippen LogP contribution in [0.1, 0.15) is 6.92 Å². The fraction of sp³-hybridized carbons (Fsp3) is 0.333. The predicted molar refractivity (Wildman–Crippen MR) is 47.7 cm³/mol. The summed E-state index contributed by atoms with van der Waals surface area (Å²) in [6.45, 7) is 1.58. The lowest BCUT2D eigenvalue weighted by atomic mass is 10.4. The molecule has 10 nitrogen and oxygen atoms in total. The van der Waals surface area contributed by atoms with E-state index in [4.69, 9.17) is 4.74 Å². The minimum absolute atomic E-state index is 0.0473. The molecule has 1 heterocycles. The van der Waals surface area contributed by atoms with Crippen molar-refractivity contribution in [2.45, 2.75) is 6.92 Å². The van der Waals surface area contributed by atoms with Crippen molar-refractivity contribution in [2.24, 2.45) is 0 Å². The third-order valence-corrected chi connectivity index (χ3v) is 1.53. The summed E-state index contributed by atoms with van der Waals surface area (Å²) in [5.41, 5.74) is -0.722. The molecule has 0 amide bonds. The average Bonchev–Trinajstić information content (AvgIpc) is 2.17. The normalized spacial score (nSPS) is 9.81. The predicted octanol–water partition coefficient (Wildman–Crippen LogP) is -0.0699. The van der Waals surface area contributed by atoms with Gasteiger partial charge in [0.25, 0.3) is 0 Å². The largest absolute Gasteiger partial charge is 0.589 e. The van der Waals surface area contributed by atoms with Crippen LogP contribution < -0.4 is 9.58 Å². The summed E-state index contributed by atoms with van der Waals surface area (Å²) in [6, 6.07) is 0.505. The minimum Gasteiger partial charge on any atom is -0.589 e. The van der Waals surface area contributed by atoms with Gasteiger partial charge in [0.1, 0.15) is 4.92 Å². The quantitative estimate of drug-likeness (QED) is 0.305. The highest BCUT2D eigenvalue weighted by molar-refractivity contribution is 5.42. The van der Waals surface area contributed by atoms with Crippen LogP contribution in [-0.2, 0) is 0 Å². The lowest BCUT2D eigenvalue weighted by Gasteiger charge is -2.01. The topological polar surface area (TPSA) is 135 Å². The van der Waals surface area contributed by atoms with Crippen LogP contribution >= 0.6 is 0 Å². The van der Waals surface area contributed by atoms with E-state index >= 15 is 0 Å². The Morgan fingerprint density at radius 2 is 2.06 bits per heavy atom. The van der Waals surface area contributed by atoms with E-state index in [0.29, 0.717) is 6.07 Å². The molecule has 0 aliphatic rings. The summed E-state index contributed by atoms with van der Waals surface area (Å²) in [6.07, 6.45) is 0.